The smallest absolute Gasteiger partial charge is 0.335 e. The number of hydrogen-bond donors (Lipinski definition) is 2. The summed E-state index contributed by atoms with van der Waals surface area (Å²) in [4.78, 5) is 13.4. The van der Waals surface area contributed by atoms with Gasteiger partial charge in [0, 0.05) is 13.1 Å². The monoisotopic (exact) mass is 298 g/mol. The van der Waals surface area contributed by atoms with Crippen LogP contribution in [0.5, 0.6) is 0 Å². The number of hydrogen-bond acceptors (Lipinski definition) is 4. The quantitative estimate of drug-likeness (QED) is 0.853. The Morgan fingerprint density at radius 3 is 2.60 bits per heavy atom. The van der Waals surface area contributed by atoms with Crippen LogP contribution in [0.3, 0.4) is 0 Å². The summed E-state index contributed by atoms with van der Waals surface area (Å²) < 4.78 is 24.1. The maximum atomic E-state index is 12.0. The Kier molecular flexibility index (Phi) is 4.74. The Morgan fingerprint density at radius 1 is 1.25 bits per heavy atom. The number of benzene rings is 1. The van der Waals surface area contributed by atoms with Crippen LogP contribution in [-0.2, 0) is 15.8 Å². The van der Waals surface area contributed by atoms with E-state index in [0.717, 1.165) is 19.3 Å². The third-order valence-electron chi connectivity index (χ3n) is 3.15. The molecule has 0 saturated carbocycles. The second-order valence-electron chi connectivity index (χ2n) is 4.90. The van der Waals surface area contributed by atoms with Gasteiger partial charge < -0.3 is 5.11 Å². The number of hydrazine groups is 1. The van der Waals surface area contributed by atoms with E-state index in [9.17, 15) is 13.2 Å². The van der Waals surface area contributed by atoms with Gasteiger partial charge in [-0.05, 0) is 30.5 Å². The number of rotatable bonds is 5. The topological polar surface area (TPSA) is 86.7 Å². The molecule has 110 valence electrons. The van der Waals surface area contributed by atoms with Crippen LogP contribution >= 0.6 is 0 Å². The molecular formula is C13H18N2O4S. The molecule has 7 heteroatoms. The maximum Gasteiger partial charge on any atom is 0.335 e. The number of sulfonamides is 1. The molecule has 2 rings (SSSR count). The van der Waals surface area contributed by atoms with Gasteiger partial charge in [0.05, 0.1) is 11.3 Å². The van der Waals surface area contributed by atoms with E-state index < -0.39 is 16.0 Å². The zero-order chi connectivity index (χ0) is 14.6. The fraction of sp³-hybridized carbons (Fsp3) is 0.462. The maximum absolute atomic E-state index is 12.0. The van der Waals surface area contributed by atoms with E-state index >= 15 is 0 Å². The minimum atomic E-state index is -3.49. The normalized spacial score (nSPS) is 17.0. The minimum absolute atomic E-state index is 0.0932. The van der Waals surface area contributed by atoms with Crippen molar-refractivity contribution in [1.29, 1.82) is 0 Å². The van der Waals surface area contributed by atoms with Crippen molar-refractivity contribution in [3.05, 3.63) is 35.4 Å². The molecule has 0 aromatic heterocycles. The summed E-state index contributed by atoms with van der Waals surface area (Å²) in [7, 11) is -3.49. The lowest BCUT2D eigenvalue weighted by Gasteiger charge is -2.26. The molecule has 20 heavy (non-hydrogen) atoms. The summed E-state index contributed by atoms with van der Waals surface area (Å²) >= 11 is 0. The van der Waals surface area contributed by atoms with Gasteiger partial charge in [-0.2, -0.15) is 0 Å². The van der Waals surface area contributed by atoms with E-state index in [0.29, 0.717) is 18.7 Å². The molecule has 0 amide bonds. The van der Waals surface area contributed by atoms with Crippen LogP contribution < -0.4 is 4.83 Å². The highest BCUT2D eigenvalue weighted by molar-refractivity contribution is 7.88. The van der Waals surface area contributed by atoms with Gasteiger partial charge in [-0.25, -0.2) is 18.2 Å². The van der Waals surface area contributed by atoms with E-state index in [1.54, 1.807) is 17.1 Å². The van der Waals surface area contributed by atoms with Crippen LogP contribution in [-0.4, -0.2) is 37.6 Å². The van der Waals surface area contributed by atoms with Crippen LogP contribution in [0.25, 0.3) is 0 Å². The number of carbonyl (C=O) groups is 1. The number of carboxylic acid groups (broad SMARTS) is 1. The first-order valence-corrected chi connectivity index (χ1v) is 8.19. The average Bonchev–Trinajstić information content (AvgIpc) is 2.39. The van der Waals surface area contributed by atoms with E-state index in [4.69, 9.17) is 5.11 Å². The fourth-order valence-electron chi connectivity index (χ4n) is 2.23. The third kappa shape index (κ3) is 4.29. The zero-order valence-corrected chi connectivity index (χ0v) is 11.9. The third-order valence-corrected chi connectivity index (χ3v) is 4.40. The molecule has 1 heterocycles. The van der Waals surface area contributed by atoms with Crippen LogP contribution in [0.15, 0.2) is 24.3 Å². The van der Waals surface area contributed by atoms with E-state index in [1.165, 1.54) is 12.1 Å². The summed E-state index contributed by atoms with van der Waals surface area (Å²) in [6.07, 6.45) is 3.09. The standard InChI is InChI=1S/C13H18N2O4S/c16-13(17)12-6-4-5-11(9-12)10-20(18,19)14-15-7-2-1-3-8-15/h4-6,9,14H,1-3,7-8,10H2,(H,16,17). The number of piperidine rings is 1. The van der Waals surface area contributed by atoms with Crippen molar-refractivity contribution in [1.82, 2.24) is 9.84 Å². The first-order chi connectivity index (χ1) is 9.46. The lowest BCUT2D eigenvalue weighted by molar-refractivity contribution is 0.0696. The zero-order valence-electron chi connectivity index (χ0n) is 11.1. The van der Waals surface area contributed by atoms with Crippen LogP contribution in [0.1, 0.15) is 35.2 Å². The molecule has 1 aliphatic rings. The Bertz CT molecular complexity index is 580. The molecule has 2 N–H and O–H groups in total. The lowest BCUT2D eigenvalue weighted by atomic mass is 10.1. The van der Waals surface area contributed by atoms with E-state index in [1.807, 2.05) is 0 Å². The predicted molar refractivity (Wildman–Crippen MR) is 74.6 cm³/mol. The molecule has 0 unspecified atom stereocenters. The van der Waals surface area contributed by atoms with Gasteiger partial charge in [0.2, 0.25) is 10.0 Å². The number of nitrogens with zero attached hydrogens (tertiary/aromatic N) is 1. The molecule has 0 aliphatic carbocycles. The Labute approximate surface area is 118 Å². The molecule has 1 fully saturated rings. The lowest BCUT2D eigenvalue weighted by Crippen LogP contribution is -2.45. The molecule has 0 spiro atoms. The highest BCUT2D eigenvalue weighted by atomic mass is 32.2. The number of carboxylic acids is 1. The molecule has 1 aliphatic heterocycles. The van der Waals surface area contributed by atoms with Crippen molar-refractivity contribution in [2.75, 3.05) is 13.1 Å². The molecule has 0 atom stereocenters. The molecule has 0 bridgehead atoms. The van der Waals surface area contributed by atoms with Crippen molar-refractivity contribution < 1.29 is 18.3 Å². The second kappa shape index (κ2) is 6.34. The van der Waals surface area contributed by atoms with Gasteiger partial charge in [0.1, 0.15) is 0 Å². The van der Waals surface area contributed by atoms with E-state index in [-0.39, 0.29) is 11.3 Å². The second-order valence-corrected chi connectivity index (χ2v) is 6.60. The average molecular weight is 298 g/mol. The van der Waals surface area contributed by atoms with Crippen LogP contribution in [0, 0.1) is 0 Å². The summed E-state index contributed by atoms with van der Waals surface area (Å²) in [6.45, 7) is 1.43. The highest BCUT2D eigenvalue weighted by Crippen LogP contribution is 2.11. The summed E-state index contributed by atoms with van der Waals surface area (Å²) in [5.41, 5.74) is 0.560. The first-order valence-electron chi connectivity index (χ1n) is 6.53. The Morgan fingerprint density at radius 2 is 1.95 bits per heavy atom. The van der Waals surface area contributed by atoms with Crippen molar-refractivity contribution >= 4 is 16.0 Å². The molecular weight excluding hydrogens is 280 g/mol. The number of nitrogens with one attached hydrogen (secondary N) is 1. The molecule has 6 nitrogen and oxygen atoms in total. The van der Waals surface area contributed by atoms with Crippen molar-refractivity contribution in [3.8, 4) is 0 Å². The van der Waals surface area contributed by atoms with Crippen LogP contribution in [0.4, 0.5) is 0 Å². The molecule has 1 saturated heterocycles. The Hall–Kier alpha value is -1.44. The van der Waals surface area contributed by atoms with Crippen molar-refractivity contribution in [2.45, 2.75) is 25.0 Å². The van der Waals surface area contributed by atoms with Gasteiger partial charge in [-0.15, -0.1) is 4.83 Å². The van der Waals surface area contributed by atoms with Gasteiger partial charge in [-0.3, -0.25) is 0 Å². The summed E-state index contributed by atoms with van der Waals surface area (Å²) in [5.74, 6) is -1.28. The summed E-state index contributed by atoms with van der Waals surface area (Å²) in [5, 5.41) is 10.6. The van der Waals surface area contributed by atoms with E-state index in [2.05, 4.69) is 4.83 Å². The fourth-order valence-corrected chi connectivity index (χ4v) is 3.49. The first kappa shape index (κ1) is 15.0. The largest absolute Gasteiger partial charge is 0.478 e. The highest BCUT2D eigenvalue weighted by Gasteiger charge is 2.18. The SMILES string of the molecule is O=C(O)c1cccc(CS(=O)(=O)NN2CCCCC2)c1. The van der Waals surface area contributed by atoms with Crippen molar-refractivity contribution in [3.63, 3.8) is 0 Å². The predicted octanol–water partition coefficient (Wildman–Crippen LogP) is 1.21. The summed E-state index contributed by atoms with van der Waals surface area (Å²) in [6, 6.07) is 5.99. The number of aromatic carboxylic acids is 1. The van der Waals surface area contributed by atoms with Gasteiger partial charge >= 0.3 is 5.97 Å². The Balaban J connectivity index is 2.03. The van der Waals surface area contributed by atoms with Gasteiger partial charge in [-0.1, -0.05) is 18.6 Å². The van der Waals surface area contributed by atoms with Crippen LogP contribution in [0.2, 0.25) is 0 Å². The van der Waals surface area contributed by atoms with Gasteiger partial charge in [0.25, 0.3) is 0 Å². The minimum Gasteiger partial charge on any atom is -0.478 e. The van der Waals surface area contributed by atoms with Crippen molar-refractivity contribution in [2.24, 2.45) is 0 Å². The molecule has 0 radical (unpaired) electrons. The van der Waals surface area contributed by atoms with Gasteiger partial charge in [0.15, 0.2) is 0 Å². The molecule has 1 aromatic rings. The molecule has 1 aromatic carbocycles.